The summed E-state index contributed by atoms with van der Waals surface area (Å²) in [5, 5.41) is 8.57. The van der Waals surface area contributed by atoms with Crippen LogP contribution in [0.15, 0.2) is 0 Å². The zero-order valence-electron chi connectivity index (χ0n) is 8.76. The van der Waals surface area contributed by atoms with Gasteiger partial charge in [0.25, 0.3) is 0 Å². The zero-order valence-corrected chi connectivity index (χ0v) is 8.76. The first-order valence-corrected chi connectivity index (χ1v) is 4.84. The molecule has 0 bridgehead atoms. The Hall–Kier alpha value is -1.43. The predicted molar refractivity (Wildman–Crippen MR) is 56.1 cm³/mol. The number of nitrogens with zero attached hydrogens (tertiary/aromatic N) is 1. The number of hydrogen-bond acceptors (Lipinski definition) is 2. The molecular formula is C12H15NO. The van der Waals surface area contributed by atoms with Gasteiger partial charge < -0.3 is 4.74 Å². The summed E-state index contributed by atoms with van der Waals surface area (Å²) < 4.78 is 5.02. The summed E-state index contributed by atoms with van der Waals surface area (Å²) >= 11 is 0. The van der Waals surface area contributed by atoms with Crippen LogP contribution in [0.3, 0.4) is 0 Å². The summed E-state index contributed by atoms with van der Waals surface area (Å²) in [6.45, 7) is 4.45. The summed E-state index contributed by atoms with van der Waals surface area (Å²) in [7, 11) is 0. The van der Waals surface area contributed by atoms with E-state index in [1.807, 2.05) is 13.0 Å². The van der Waals surface area contributed by atoms with Crippen molar-refractivity contribution >= 4 is 0 Å². The maximum absolute atomic E-state index is 8.57. The third kappa shape index (κ3) is 7.23. The molecule has 0 aromatic carbocycles. The lowest BCUT2D eigenvalue weighted by atomic mass is 10.2. The first-order chi connectivity index (χ1) is 6.85. The van der Waals surface area contributed by atoms with Crippen LogP contribution in [0.25, 0.3) is 0 Å². The van der Waals surface area contributed by atoms with Gasteiger partial charge in [-0.25, -0.2) is 0 Å². The molecule has 14 heavy (non-hydrogen) atoms. The van der Waals surface area contributed by atoms with Gasteiger partial charge in [0, 0.05) is 13.0 Å². The third-order valence-electron chi connectivity index (χ3n) is 1.46. The largest absolute Gasteiger partial charge is 0.352 e. The summed E-state index contributed by atoms with van der Waals surface area (Å²) in [4.78, 5) is 0. The van der Waals surface area contributed by atoms with Crippen LogP contribution in [0, 0.1) is 35.0 Å². The van der Waals surface area contributed by atoms with Gasteiger partial charge in [-0.2, -0.15) is 5.26 Å². The minimum absolute atomic E-state index is 0.496. The van der Waals surface area contributed by atoms with E-state index in [4.69, 9.17) is 10.00 Å². The predicted octanol–water partition coefficient (Wildman–Crippen LogP) is 2.11. The average Bonchev–Trinajstić information content (AvgIpc) is 2.21. The van der Waals surface area contributed by atoms with Crippen LogP contribution < -0.4 is 0 Å². The van der Waals surface area contributed by atoms with Crippen molar-refractivity contribution in [2.45, 2.75) is 39.2 Å². The van der Waals surface area contributed by atoms with Crippen LogP contribution in [-0.4, -0.2) is 12.7 Å². The molecule has 0 rings (SSSR count). The van der Waals surface area contributed by atoms with Crippen molar-refractivity contribution in [1.82, 2.24) is 0 Å². The highest BCUT2D eigenvalue weighted by molar-refractivity contribution is 5.29. The van der Waals surface area contributed by atoms with Crippen LogP contribution in [0.2, 0.25) is 0 Å². The molecule has 0 fully saturated rings. The second-order valence-corrected chi connectivity index (χ2v) is 2.64. The van der Waals surface area contributed by atoms with Crippen molar-refractivity contribution in [2.75, 3.05) is 6.61 Å². The molecular weight excluding hydrogens is 174 g/mol. The van der Waals surface area contributed by atoms with Crippen molar-refractivity contribution in [2.24, 2.45) is 0 Å². The molecule has 0 saturated heterocycles. The van der Waals surface area contributed by atoms with E-state index in [-0.39, 0.29) is 0 Å². The maximum Gasteiger partial charge on any atom is 0.205 e. The van der Waals surface area contributed by atoms with Crippen LogP contribution in [0.1, 0.15) is 33.1 Å². The summed E-state index contributed by atoms with van der Waals surface area (Å²) in [6.07, 6.45) is 2.47. The van der Waals surface area contributed by atoms with Gasteiger partial charge in [-0.3, -0.25) is 0 Å². The van der Waals surface area contributed by atoms with Crippen LogP contribution in [0.4, 0.5) is 0 Å². The van der Waals surface area contributed by atoms with E-state index >= 15 is 0 Å². The Morgan fingerprint density at radius 3 is 2.64 bits per heavy atom. The maximum atomic E-state index is 8.57. The number of ether oxygens (including phenoxy) is 1. The lowest BCUT2D eigenvalue weighted by molar-refractivity contribution is 0.139. The highest BCUT2D eigenvalue weighted by atomic mass is 16.5. The van der Waals surface area contributed by atoms with Gasteiger partial charge >= 0.3 is 0 Å². The fraction of sp³-hybridized carbons (Fsp3) is 0.583. The highest BCUT2D eigenvalue weighted by Crippen LogP contribution is 1.90. The summed E-state index contributed by atoms with van der Waals surface area (Å²) in [5.74, 6) is 10.9. The first kappa shape index (κ1) is 12.6. The van der Waals surface area contributed by atoms with Gasteiger partial charge in [0.1, 0.15) is 6.07 Å². The minimum Gasteiger partial charge on any atom is -0.352 e. The van der Waals surface area contributed by atoms with E-state index in [2.05, 4.69) is 30.6 Å². The molecule has 1 unspecified atom stereocenters. The highest BCUT2D eigenvalue weighted by Gasteiger charge is 1.98. The minimum atomic E-state index is -0.638. The Morgan fingerprint density at radius 1 is 1.29 bits per heavy atom. The molecule has 2 heteroatoms. The molecule has 0 amide bonds. The summed E-state index contributed by atoms with van der Waals surface area (Å²) in [6, 6.07) is 1.94. The van der Waals surface area contributed by atoms with E-state index in [1.165, 1.54) is 0 Å². The van der Waals surface area contributed by atoms with Crippen molar-refractivity contribution < 1.29 is 4.74 Å². The van der Waals surface area contributed by atoms with E-state index in [0.29, 0.717) is 6.61 Å². The number of hydrogen-bond donors (Lipinski definition) is 0. The van der Waals surface area contributed by atoms with E-state index < -0.39 is 6.10 Å². The molecule has 0 N–H and O–H groups in total. The number of rotatable bonds is 4. The molecule has 1 atom stereocenters. The van der Waals surface area contributed by atoms with Crippen molar-refractivity contribution in [1.29, 1.82) is 5.26 Å². The molecule has 0 aliphatic carbocycles. The van der Waals surface area contributed by atoms with Crippen LogP contribution >= 0.6 is 0 Å². The molecule has 0 aromatic heterocycles. The van der Waals surface area contributed by atoms with Crippen LogP contribution in [0.5, 0.6) is 0 Å². The molecule has 0 saturated carbocycles. The lowest BCUT2D eigenvalue weighted by Crippen LogP contribution is -2.06. The molecule has 0 aliphatic rings. The SMILES string of the molecule is CCCCC#CC#CC(C#N)OCC. The van der Waals surface area contributed by atoms with Crippen LogP contribution in [-0.2, 0) is 4.74 Å². The molecule has 0 aliphatic heterocycles. The Balaban J connectivity index is 3.87. The molecule has 2 nitrogen and oxygen atoms in total. The van der Waals surface area contributed by atoms with Gasteiger partial charge in [0.2, 0.25) is 6.10 Å². The second-order valence-electron chi connectivity index (χ2n) is 2.64. The molecule has 0 radical (unpaired) electrons. The third-order valence-corrected chi connectivity index (χ3v) is 1.46. The van der Waals surface area contributed by atoms with Crippen molar-refractivity contribution in [3.8, 4) is 29.8 Å². The zero-order chi connectivity index (χ0) is 10.6. The Labute approximate surface area is 86.3 Å². The standard InChI is InChI=1S/C12H15NO/c1-3-5-6-7-8-9-10-12(11-13)14-4-2/h12H,3-6H2,1-2H3. The molecule has 74 valence electrons. The van der Waals surface area contributed by atoms with Gasteiger partial charge in [-0.05, 0) is 31.1 Å². The fourth-order valence-corrected chi connectivity index (χ4v) is 0.751. The van der Waals surface area contributed by atoms with Gasteiger partial charge in [0.05, 0.1) is 0 Å². The fourth-order valence-electron chi connectivity index (χ4n) is 0.751. The first-order valence-electron chi connectivity index (χ1n) is 4.84. The van der Waals surface area contributed by atoms with Crippen molar-refractivity contribution in [3.63, 3.8) is 0 Å². The number of nitriles is 1. The monoisotopic (exact) mass is 189 g/mol. The molecule has 0 spiro atoms. The van der Waals surface area contributed by atoms with Crippen molar-refractivity contribution in [3.05, 3.63) is 0 Å². The van der Waals surface area contributed by atoms with Gasteiger partial charge in [-0.1, -0.05) is 19.3 Å². The Bertz CT molecular complexity index is 292. The Kier molecular flexibility index (Phi) is 8.67. The second kappa shape index (κ2) is 9.66. The topological polar surface area (TPSA) is 33.0 Å². The van der Waals surface area contributed by atoms with Gasteiger partial charge in [-0.15, -0.1) is 0 Å². The van der Waals surface area contributed by atoms with E-state index in [9.17, 15) is 0 Å². The van der Waals surface area contributed by atoms with E-state index in [0.717, 1.165) is 19.3 Å². The smallest absolute Gasteiger partial charge is 0.205 e. The quantitative estimate of drug-likeness (QED) is 0.501. The Morgan fingerprint density at radius 2 is 2.07 bits per heavy atom. The average molecular weight is 189 g/mol. The summed E-state index contributed by atoms with van der Waals surface area (Å²) in [5.41, 5.74) is 0. The number of unbranched alkanes of at least 4 members (excludes halogenated alkanes) is 2. The van der Waals surface area contributed by atoms with Gasteiger partial charge in [0.15, 0.2) is 0 Å². The normalized spacial score (nSPS) is 10.1. The lowest BCUT2D eigenvalue weighted by Gasteiger charge is -1.97. The van der Waals surface area contributed by atoms with E-state index in [1.54, 1.807) is 0 Å². The molecule has 0 aromatic rings. The molecule has 0 heterocycles.